The van der Waals surface area contributed by atoms with Crippen molar-refractivity contribution < 1.29 is 14.6 Å². The Morgan fingerprint density at radius 3 is 2.41 bits per heavy atom. The van der Waals surface area contributed by atoms with Crippen molar-refractivity contribution in [3.63, 3.8) is 0 Å². The van der Waals surface area contributed by atoms with Crippen molar-refractivity contribution in [3.05, 3.63) is 53.6 Å². The molecule has 0 bridgehead atoms. The van der Waals surface area contributed by atoms with Gasteiger partial charge in [-0.2, -0.15) is 0 Å². The molecular weight excluding hydrogens is 384 g/mol. The van der Waals surface area contributed by atoms with Gasteiger partial charge in [0.2, 0.25) is 0 Å². The van der Waals surface area contributed by atoms with E-state index in [2.05, 4.69) is 52.5 Å². The van der Waals surface area contributed by atoms with Gasteiger partial charge in [0, 0.05) is 56.3 Å². The van der Waals surface area contributed by atoms with E-state index in [-0.39, 0.29) is 6.61 Å². The highest BCUT2D eigenvalue weighted by Crippen LogP contribution is 2.26. The first-order valence-corrected chi connectivity index (χ1v) is 11.3. The number of nitrogens with zero attached hydrogens (tertiary/aromatic N) is 2. The summed E-state index contributed by atoms with van der Waals surface area (Å²) in [6.07, 6.45) is 2.89. The summed E-state index contributed by atoms with van der Waals surface area (Å²) in [5.41, 5.74) is 2.52. The van der Waals surface area contributed by atoms with Gasteiger partial charge >= 0.3 is 0 Å². The van der Waals surface area contributed by atoms with E-state index in [0.717, 1.165) is 50.6 Å². The quantitative estimate of drug-likeness (QED) is 0.632. The molecule has 1 aliphatic heterocycles. The summed E-state index contributed by atoms with van der Waals surface area (Å²) in [6, 6.07) is 15.1. The summed E-state index contributed by atoms with van der Waals surface area (Å²) in [5, 5.41) is 9.62. The second kappa shape index (κ2) is 10.9. The smallest absolute Gasteiger partial charge is 0.122 e. The Kier molecular flexibility index (Phi) is 8.24. The zero-order chi connectivity index (χ0) is 20.6. The number of methoxy groups -OCH3 is 2. The maximum absolute atomic E-state index is 9.62. The third kappa shape index (κ3) is 6.12. The van der Waals surface area contributed by atoms with Gasteiger partial charge in [0.25, 0.3) is 0 Å². The van der Waals surface area contributed by atoms with E-state index in [0.29, 0.717) is 6.04 Å². The van der Waals surface area contributed by atoms with E-state index in [1.807, 2.05) is 6.07 Å². The van der Waals surface area contributed by atoms with Crippen LogP contribution in [0.1, 0.15) is 17.5 Å². The molecular formula is C23H32N2O3S. The van der Waals surface area contributed by atoms with Crippen LogP contribution in [0.5, 0.6) is 11.5 Å². The number of hydrogen-bond donors (Lipinski definition) is 1. The molecule has 5 nitrogen and oxygen atoms in total. The molecule has 1 fully saturated rings. The molecule has 0 spiro atoms. The van der Waals surface area contributed by atoms with E-state index in [4.69, 9.17) is 9.47 Å². The highest BCUT2D eigenvalue weighted by molar-refractivity contribution is 7.98. The summed E-state index contributed by atoms with van der Waals surface area (Å²) in [4.78, 5) is 6.28. The molecule has 2 aromatic carbocycles. The maximum atomic E-state index is 9.62. The molecule has 0 aliphatic carbocycles. The van der Waals surface area contributed by atoms with Crippen LogP contribution in [0, 0.1) is 0 Å². The van der Waals surface area contributed by atoms with Gasteiger partial charge in [0.1, 0.15) is 11.5 Å². The van der Waals surface area contributed by atoms with Crippen molar-refractivity contribution in [2.75, 3.05) is 46.7 Å². The molecule has 0 saturated carbocycles. The van der Waals surface area contributed by atoms with Gasteiger partial charge in [-0.05, 0) is 48.1 Å². The molecule has 0 amide bonds. The minimum Gasteiger partial charge on any atom is -0.497 e. The number of ether oxygens (including phenoxy) is 2. The molecule has 158 valence electrons. The molecule has 1 heterocycles. The number of hydrogen-bond acceptors (Lipinski definition) is 6. The SMILES string of the molecule is COc1cc(CN2CCN(Cc3cccc(SC)c3)C[C@@H]2CCO)cc(OC)c1. The van der Waals surface area contributed by atoms with Crippen LogP contribution >= 0.6 is 11.8 Å². The largest absolute Gasteiger partial charge is 0.497 e. The topological polar surface area (TPSA) is 45.2 Å². The zero-order valence-electron chi connectivity index (χ0n) is 17.6. The third-order valence-electron chi connectivity index (χ3n) is 5.49. The lowest BCUT2D eigenvalue weighted by atomic mass is 10.1. The predicted octanol–water partition coefficient (Wildman–Crippen LogP) is 3.49. The monoisotopic (exact) mass is 416 g/mol. The van der Waals surface area contributed by atoms with Gasteiger partial charge in [-0.3, -0.25) is 9.80 Å². The fraction of sp³-hybridized carbons (Fsp3) is 0.478. The maximum Gasteiger partial charge on any atom is 0.122 e. The minimum absolute atomic E-state index is 0.207. The van der Waals surface area contributed by atoms with Gasteiger partial charge in [-0.15, -0.1) is 11.8 Å². The first-order valence-electron chi connectivity index (χ1n) is 10.1. The van der Waals surface area contributed by atoms with Crippen LogP contribution in [-0.4, -0.2) is 67.7 Å². The summed E-state index contributed by atoms with van der Waals surface area (Å²) in [6.45, 7) is 4.95. The van der Waals surface area contributed by atoms with Crippen molar-refractivity contribution >= 4 is 11.8 Å². The van der Waals surface area contributed by atoms with E-state index in [9.17, 15) is 5.11 Å². The van der Waals surface area contributed by atoms with Crippen LogP contribution < -0.4 is 9.47 Å². The summed E-state index contributed by atoms with van der Waals surface area (Å²) in [5.74, 6) is 1.62. The molecule has 0 unspecified atom stereocenters. The number of rotatable bonds is 9. The highest BCUT2D eigenvalue weighted by atomic mass is 32.2. The first kappa shape index (κ1) is 22.0. The number of benzene rings is 2. The van der Waals surface area contributed by atoms with Crippen LogP contribution in [0.3, 0.4) is 0 Å². The zero-order valence-corrected chi connectivity index (χ0v) is 18.5. The van der Waals surface area contributed by atoms with Crippen molar-refractivity contribution in [1.82, 2.24) is 9.80 Å². The van der Waals surface area contributed by atoms with Crippen molar-refractivity contribution in [1.29, 1.82) is 0 Å². The molecule has 6 heteroatoms. The lowest BCUT2D eigenvalue weighted by Gasteiger charge is -2.41. The van der Waals surface area contributed by atoms with Crippen molar-refractivity contribution in [2.24, 2.45) is 0 Å². The summed E-state index contributed by atoms with van der Waals surface area (Å²) >= 11 is 1.78. The Morgan fingerprint density at radius 1 is 1.00 bits per heavy atom. The van der Waals surface area contributed by atoms with Crippen LogP contribution in [-0.2, 0) is 13.1 Å². The number of aliphatic hydroxyl groups excluding tert-OH is 1. The van der Waals surface area contributed by atoms with Gasteiger partial charge in [-0.25, -0.2) is 0 Å². The Bertz CT molecular complexity index is 764. The Balaban J connectivity index is 1.67. The molecule has 0 radical (unpaired) electrons. The second-order valence-electron chi connectivity index (χ2n) is 7.44. The Hall–Kier alpha value is -1.73. The van der Waals surface area contributed by atoms with E-state index < -0.39 is 0 Å². The molecule has 2 aromatic rings. The standard InChI is InChI=1S/C23H32N2O3S/c1-27-21-11-19(12-22(14-21)28-2)16-25-9-8-24(17-20(25)7-10-26)15-18-5-4-6-23(13-18)29-3/h4-6,11-14,20,26H,7-10,15-17H2,1-3H3/t20-/m0/s1. The Morgan fingerprint density at radius 2 is 1.76 bits per heavy atom. The van der Waals surface area contributed by atoms with E-state index in [1.54, 1.807) is 26.0 Å². The lowest BCUT2D eigenvalue weighted by molar-refractivity contribution is 0.0499. The van der Waals surface area contributed by atoms with Crippen molar-refractivity contribution in [3.8, 4) is 11.5 Å². The van der Waals surface area contributed by atoms with Gasteiger partial charge in [-0.1, -0.05) is 12.1 Å². The van der Waals surface area contributed by atoms with Crippen molar-refractivity contribution in [2.45, 2.75) is 30.4 Å². The summed E-state index contributed by atoms with van der Waals surface area (Å²) < 4.78 is 10.8. The lowest BCUT2D eigenvalue weighted by Crippen LogP contribution is -2.52. The predicted molar refractivity (Wildman–Crippen MR) is 119 cm³/mol. The number of thioether (sulfide) groups is 1. The highest BCUT2D eigenvalue weighted by Gasteiger charge is 2.27. The molecule has 1 atom stereocenters. The Labute approximate surface area is 178 Å². The van der Waals surface area contributed by atoms with E-state index in [1.165, 1.54) is 16.0 Å². The number of aliphatic hydroxyl groups is 1. The molecule has 0 aromatic heterocycles. The van der Waals surface area contributed by atoms with Gasteiger partial charge < -0.3 is 14.6 Å². The third-order valence-corrected chi connectivity index (χ3v) is 6.21. The van der Waals surface area contributed by atoms with Gasteiger partial charge in [0.15, 0.2) is 0 Å². The fourth-order valence-electron chi connectivity index (χ4n) is 3.95. The molecule has 29 heavy (non-hydrogen) atoms. The van der Waals surface area contributed by atoms with E-state index >= 15 is 0 Å². The number of piperazine rings is 1. The van der Waals surface area contributed by atoms with Crippen LogP contribution in [0.2, 0.25) is 0 Å². The van der Waals surface area contributed by atoms with Crippen LogP contribution in [0.4, 0.5) is 0 Å². The average Bonchev–Trinajstić information content (AvgIpc) is 2.75. The summed E-state index contributed by atoms with van der Waals surface area (Å²) in [7, 11) is 3.36. The molecule has 1 N–H and O–H groups in total. The fourth-order valence-corrected chi connectivity index (χ4v) is 4.44. The normalized spacial score (nSPS) is 18.0. The first-order chi connectivity index (χ1) is 14.1. The minimum atomic E-state index is 0.207. The average molecular weight is 417 g/mol. The van der Waals surface area contributed by atoms with Crippen LogP contribution in [0.25, 0.3) is 0 Å². The van der Waals surface area contributed by atoms with Gasteiger partial charge in [0.05, 0.1) is 14.2 Å². The molecule has 1 aliphatic rings. The molecule has 3 rings (SSSR count). The van der Waals surface area contributed by atoms with Crippen LogP contribution in [0.15, 0.2) is 47.4 Å². The second-order valence-corrected chi connectivity index (χ2v) is 8.32. The molecule has 1 saturated heterocycles.